The molecule has 0 N–H and O–H groups in total. The number of fused-ring (bicyclic) bond motifs is 15. The number of nitrogens with zero attached hydrogens (tertiary/aromatic N) is 3. The molecule has 0 amide bonds. The number of rotatable bonds is 3. The van der Waals surface area contributed by atoms with Crippen LogP contribution in [0.5, 0.6) is 0 Å². The van der Waals surface area contributed by atoms with Crippen molar-refractivity contribution < 1.29 is 0 Å². The number of thiophene rings is 1. The maximum Gasteiger partial charge on any atom is 0.235 e. The highest BCUT2D eigenvalue weighted by Gasteiger charge is 2.26. The van der Waals surface area contributed by atoms with E-state index >= 15 is 0 Å². The van der Waals surface area contributed by atoms with Gasteiger partial charge in [0.2, 0.25) is 5.95 Å². The van der Waals surface area contributed by atoms with E-state index in [0.29, 0.717) is 5.95 Å². The first kappa shape index (κ1) is 27.6. The lowest BCUT2D eigenvalue weighted by Crippen LogP contribution is -2.04. The molecule has 8 aromatic carbocycles. The van der Waals surface area contributed by atoms with Crippen LogP contribution in [-0.4, -0.2) is 14.5 Å². The van der Waals surface area contributed by atoms with Crippen LogP contribution in [0.25, 0.3) is 103 Å². The summed E-state index contributed by atoms with van der Waals surface area (Å²) in [6, 6.07) is 58.5. The van der Waals surface area contributed by atoms with Gasteiger partial charge in [-0.1, -0.05) is 152 Å². The van der Waals surface area contributed by atoms with E-state index in [1.54, 1.807) is 0 Å². The molecule has 4 heteroatoms. The molecule has 0 atom stereocenters. The molecule has 0 bridgehead atoms. The molecule has 11 aromatic rings. The predicted octanol–water partition coefficient (Wildman–Crippen LogP) is 12.7. The third-order valence-corrected chi connectivity index (χ3v) is 11.4. The summed E-state index contributed by atoms with van der Waals surface area (Å²) in [5.74, 6) is 0.664. The summed E-state index contributed by atoms with van der Waals surface area (Å²) in [7, 11) is 0. The minimum absolute atomic E-state index is 0.664. The van der Waals surface area contributed by atoms with Gasteiger partial charge in [0.15, 0.2) is 0 Å². The fourth-order valence-electron chi connectivity index (χ4n) is 8.07. The maximum absolute atomic E-state index is 5.47. The first-order valence-electron chi connectivity index (χ1n) is 16.9. The average molecular weight is 654 g/mol. The zero-order valence-corrected chi connectivity index (χ0v) is 27.7. The lowest BCUT2D eigenvalue weighted by molar-refractivity contribution is 1.00. The average Bonchev–Trinajstić information content (AvgIpc) is 3.76. The molecule has 0 aliphatic carbocycles. The molecule has 0 spiro atoms. The largest absolute Gasteiger partial charge is 0.277 e. The van der Waals surface area contributed by atoms with Crippen molar-refractivity contribution in [2.45, 2.75) is 0 Å². The van der Waals surface area contributed by atoms with Crippen LogP contribution in [0.15, 0.2) is 164 Å². The molecule has 0 aliphatic rings. The Morgan fingerprint density at radius 3 is 1.48 bits per heavy atom. The second-order valence-electron chi connectivity index (χ2n) is 12.9. The van der Waals surface area contributed by atoms with E-state index in [1.165, 1.54) is 63.3 Å². The van der Waals surface area contributed by atoms with Crippen molar-refractivity contribution in [2.75, 3.05) is 0 Å². The highest BCUT2D eigenvalue weighted by Crippen LogP contribution is 2.50. The summed E-state index contributed by atoms with van der Waals surface area (Å²) < 4.78 is 4.96. The highest BCUT2D eigenvalue weighted by molar-refractivity contribution is 7.27. The third kappa shape index (κ3) is 3.85. The van der Waals surface area contributed by atoms with Crippen LogP contribution >= 0.6 is 11.3 Å². The molecule has 11 rings (SSSR count). The molecule has 0 fully saturated rings. The minimum atomic E-state index is 0.664. The Bertz CT molecular complexity index is 3080. The molecule has 0 saturated carbocycles. The van der Waals surface area contributed by atoms with Gasteiger partial charge in [0, 0.05) is 52.8 Å². The second kappa shape index (κ2) is 10.6. The number of hydrogen-bond acceptors (Lipinski definition) is 3. The van der Waals surface area contributed by atoms with Crippen molar-refractivity contribution in [3.05, 3.63) is 164 Å². The molecular weight excluding hydrogens is 627 g/mol. The van der Waals surface area contributed by atoms with Gasteiger partial charge >= 0.3 is 0 Å². The summed E-state index contributed by atoms with van der Waals surface area (Å²) in [5, 5.41) is 12.4. The van der Waals surface area contributed by atoms with E-state index in [1.807, 2.05) is 11.3 Å². The molecule has 3 aromatic heterocycles. The minimum Gasteiger partial charge on any atom is -0.277 e. The van der Waals surface area contributed by atoms with Crippen LogP contribution in [0.4, 0.5) is 0 Å². The molecule has 232 valence electrons. The zero-order chi connectivity index (χ0) is 32.8. The van der Waals surface area contributed by atoms with Crippen LogP contribution in [0, 0.1) is 0 Å². The van der Waals surface area contributed by atoms with E-state index in [9.17, 15) is 0 Å². The third-order valence-electron chi connectivity index (χ3n) is 10.2. The van der Waals surface area contributed by atoms with Crippen LogP contribution in [0.3, 0.4) is 0 Å². The first-order chi connectivity index (χ1) is 24.8. The van der Waals surface area contributed by atoms with Gasteiger partial charge < -0.3 is 0 Å². The van der Waals surface area contributed by atoms with E-state index in [2.05, 4.69) is 168 Å². The van der Waals surface area contributed by atoms with Crippen molar-refractivity contribution in [2.24, 2.45) is 0 Å². The zero-order valence-electron chi connectivity index (χ0n) is 26.8. The SMILES string of the molecule is c1ccc(-c2cc(-c3ccccc3)nc(-n3c4c5ccccc5c5ccccc5c4c4c5ccccc5c5sc6ccccc6c5c43)n2)cc1. The van der Waals surface area contributed by atoms with Crippen molar-refractivity contribution in [1.82, 2.24) is 14.5 Å². The fourth-order valence-corrected chi connectivity index (χ4v) is 9.31. The van der Waals surface area contributed by atoms with Crippen LogP contribution in [0.1, 0.15) is 0 Å². The van der Waals surface area contributed by atoms with E-state index in [0.717, 1.165) is 33.5 Å². The van der Waals surface area contributed by atoms with Gasteiger partial charge in [-0.3, -0.25) is 4.57 Å². The summed E-state index contributed by atoms with van der Waals surface area (Å²) in [4.78, 5) is 10.9. The Kier molecular flexibility index (Phi) is 5.83. The molecule has 3 nitrogen and oxygen atoms in total. The van der Waals surface area contributed by atoms with Gasteiger partial charge in [0.25, 0.3) is 0 Å². The summed E-state index contributed by atoms with van der Waals surface area (Å²) in [6.07, 6.45) is 0. The number of aromatic nitrogens is 3. The summed E-state index contributed by atoms with van der Waals surface area (Å²) in [6.45, 7) is 0. The van der Waals surface area contributed by atoms with E-state index in [-0.39, 0.29) is 0 Å². The summed E-state index contributed by atoms with van der Waals surface area (Å²) in [5.41, 5.74) is 6.17. The van der Waals surface area contributed by atoms with Gasteiger partial charge in [0.05, 0.1) is 22.4 Å². The number of benzene rings is 8. The standard InChI is InChI=1S/C46H27N3S/c1-3-15-28(16-4-1)37-27-38(29-17-5-2-6-18-29)48-46(47-37)49-43-34-23-11-8-20-31(34)30-19-7-9-21-32(30)40(43)41-33-22-10-12-24-35(33)45-42(44(41)49)36-25-13-14-26-39(36)50-45/h1-27H. The molecular formula is C46H27N3S. The topological polar surface area (TPSA) is 30.7 Å². The van der Waals surface area contributed by atoms with Crippen LogP contribution < -0.4 is 0 Å². The quantitative estimate of drug-likeness (QED) is 0.178. The Hall–Kier alpha value is -6.36. The van der Waals surface area contributed by atoms with Crippen molar-refractivity contribution in [3.63, 3.8) is 0 Å². The Labute approximate surface area is 291 Å². The Balaban J connectivity index is 1.46. The Morgan fingerprint density at radius 1 is 0.380 bits per heavy atom. The normalized spacial score (nSPS) is 12.0. The van der Waals surface area contributed by atoms with Crippen molar-refractivity contribution >= 4 is 85.6 Å². The van der Waals surface area contributed by atoms with Gasteiger partial charge in [-0.25, -0.2) is 9.97 Å². The smallest absolute Gasteiger partial charge is 0.235 e. The predicted molar refractivity (Wildman–Crippen MR) is 213 cm³/mol. The van der Waals surface area contributed by atoms with Crippen LogP contribution in [-0.2, 0) is 0 Å². The van der Waals surface area contributed by atoms with Gasteiger partial charge in [-0.05, 0) is 33.7 Å². The molecule has 3 heterocycles. The molecule has 0 radical (unpaired) electrons. The van der Waals surface area contributed by atoms with Crippen molar-refractivity contribution in [1.29, 1.82) is 0 Å². The van der Waals surface area contributed by atoms with E-state index in [4.69, 9.17) is 9.97 Å². The van der Waals surface area contributed by atoms with Crippen LogP contribution in [0.2, 0.25) is 0 Å². The fraction of sp³-hybridized carbons (Fsp3) is 0. The first-order valence-corrected chi connectivity index (χ1v) is 17.7. The highest BCUT2D eigenvalue weighted by atomic mass is 32.1. The lowest BCUT2D eigenvalue weighted by atomic mass is 9.94. The lowest BCUT2D eigenvalue weighted by Gasteiger charge is -2.14. The molecule has 50 heavy (non-hydrogen) atoms. The molecule has 0 unspecified atom stereocenters. The molecule has 0 saturated heterocycles. The second-order valence-corrected chi connectivity index (χ2v) is 13.9. The maximum atomic E-state index is 5.47. The van der Waals surface area contributed by atoms with Gasteiger partial charge in [0.1, 0.15) is 0 Å². The Morgan fingerprint density at radius 2 is 0.840 bits per heavy atom. The van der Waals surface area contributed by atoms with Gasteiger partial charge in [-0.2, -0.15) is 0 Å². The van der Waals surface area contributed by atoms with Crippen molar-refractivity contribution in [3.8, 4) is 28.5 Å². The number of hydrogen-bond donors (Lipinski definition) is 0. The molecule has 0 aliphatic heterocycles. The van der Waals surface area contributed by atoms with Gasteiger partial charge in [-0.15, -0.1) is 11.3 Å². The van der Waals surface area contributed by atoms with E-state index < -0.39 is 0 Å². The monoisotopic (exact) mass is 653 g/mol. The summed E-state index contributed by atoms with van der Waals surface area (Å²) >= 11 is 1.87.